The number of fused-ring (bicyclic) bond motifs is 2. The molecule has 0 aliphatic rings. The Kier molecular flexibility index (Phi) is 5.68. The summed E-state index contributed by atoms with van der Waals surface area (Å²) in [5.74, 6) is 0. The van der Waals surface area contributed by atoms with Crippen molar-refractivity contribution in [2.75, 3.05) is 0 Å². The summed E-state index contributed by atoms with van der Waals surface area (Å²) in [6, 6.07) is 9.81. The molecule has 190 valence electrons. The maximum absolute atomic E-state index is 13.6. The zero-order valence-corrected chi connectivity index (χ0v) is 18.7. The lowest BCUT2D eigenvalue weighted by Gasteiger charge is -2.23. The average molecular weight is 518 g/mol. The maximum atomic E-state index is 13.6. The lowest BCUT2D eigenvalue weighted by atomic mass is 9.82. The Balaban J connectivity index is 2.18. The zero-order valence-electron chi connectivity index (χ0n) is 18.7. The Hall–Kier alpha value is -3.51. The molecule has 4 aromatic rings. The van der Waals surface area contributed by atoms with E-state index in [4.69, 9.17) is 0 Å². The molecule has 13 heteroatoms. The van der Waals surface area contributed by atoms with Crippen LogP contribution >= 0.6 is 0 Å². The van der Waals surface area contributed by atoms with Gasteiger partial charge in [-0.05, 0) is 33.9 Å². The number of nitrogens with zero attached hydrogens (tertiary/aromatic N) is 4. The van der Waals surface area contributed by atoms with E-state index in [2.05, 4.69) is 20.2 Å². The van der Waals surface area contributed by atoms with Crippen molar-refractivity contribution in [3.05, 3.63) is 59.0 Å². The summed E-state index contributed by atoms with van der Waals surface area (Å²) < 4.78 is 122. The van der Waals surface area contributed by atoms with Crippen LogP contribution in [0.25, 0.3) is 33.1 Å². The second-order valence-corrected chi connectivity index (χ2v) is 9.00. The Morgan fingerprint density at radius 2 is 1.14 bits per heavy atom. The molecule has 0 spiro atoms. The van der Waals surface area contributed by atoms with Gasteiger partial charge in [0.2, 0.25) is 0 Å². The third-order valence-corrected chi connectivity index (χ3v) is 5.34. The minimum absolute atomic E-state index is 0.0204. The van der Waals surface area contributed by atoms with Crippen LogP contribution in [0, 0.1) is 0 Å². The lowest BCUT2D eigenvalue weighted by molar-refractivity contribution is -0.167. The van der Waals surface area contributed by atoms with E-state index in [1.54, 1.807) is 24.3 Å². The molecular formula is C23H15F9N4. The van der Waals surface area contributed by atoms with Gasteiger partial charge in [0.1, 0.15) is 16.7 Å². The fraction of sp³-hybridized carbons (Fsp3) is 0.304. The molecule has 0 unspecified atom stereocenters. The van der Waals surface area contributed by atoms with Gasteiger partial charge in [-0.1, -0.05) is 45.0 Å². The quantitative estimate of drug-likeness (QED) is 0.244. The Labute approximate surface area is 197 Å². The van der Waals surface area contributed by atoms with E-state index in [1.165, 1.54) is 12.1 Å². The van der Waals surface area contributed by atoms with Crippen molar-refractivity contribution in [2.45, 2.75) is 44.7 Å². The molecule has 0 saturated heterocycles. The summed E-state index contributed by atoms with van der Waals surface area (Å²) in [6.07, 6.45) is -16.8. The van der Waals surface area contributed by atoms with E-state index in [-0.39, 0.29) is 5.56 Å². The Morgan fingerprint density at radius 3 is 1.67 bits per heavy atom. The van der Waals surface area contributed by atoms with Gasteiger partial charge in [-0.2, -0.15) is 39.5 Å². The van der Waals surface area contributed by atoms with Crippen molar-refractivity contribution in [2.24, 2.45) is 0 Å². The van der Waals surface area contributed by atoms with Crippen molar-refractivity contribution in [1.29, 1.82) is 0 Å². The van der Waals surface area contributed by atoms with Gasteiger partial charge in [-0.15, -0.1) is 10.2 Å². The normalized spacial score (nSPS) is 13.6. The lowest BCUT2D eigenvalue weighted by Crippen LogP contribution is -2.22. The van der Waals surface area contributed by atoms with Crippen molar-refractivity contribution in [3.63, 3.8) is 0 Å². The van der Waals surface area contributed by atoms with E-state index in [0.29, 0.717) is 10.9 Å². The van der Waals surface area contributed by atoms with Gasteiger partial charge in [0.15, 0.2) is 17.1 Å². The molecule has 0 aliphatic heterocycles. The number of rotatable bonds is 1. The number of benzene rings is 2. The van der Waals surface area contributed by atoms with Gasteiger partial charge in [0.25, 0.3) is 0 Å². The fourth-order valence-electron chi connectivity index (χ4n) is 3.81. The molecule has 4 nitrogen and oxygen atoms in total. The molecule has 0 amide bonds. The first-order chi connectivity index (χ1) is 16.4. The Morgan fingerprint density at radius 1 is 0.611 bits per heavy atom. The van der Waals surface area contributed by atoms with Gasteiger partial charge in [-0.25, -0.2) is 9.97 Å². The topological polar surface area (TPSA) is 51.6 Å². The highest BCUT2D eigenvalue weighted by atomic mass is 19.4. The smallest absolute Gasteiger partial charge is 0.237 e. The standard InChI is InChI=1S/C23H15F9N4/c1-20(2,3)13-9-11(8-10-6-4-5-7-12(10)13)14-15-16(17(36-35-14)21(24,25)26)34-19(23(30,31)32)18(33-15)22(27,28)29/h4-9H,1-3H3. The first kappa shape index (κ1) is 25.6. The molecule has 2 heterocycles. The highest BCUT2D eigenvalue weighted by Gasteiger charge is 2.48. The minimum atomic E-state index is -5.74. The second-order valence-electron chi connectivity index (χ2n) is 9.00. The molecule has 0 aliphatic carbocycles. The van der Waals surface area contributed by atoms with Crippen LogP contribution in [0.1, 0.15) is 43.4 Å². The average Bonchev–Trinajstić information content (AvgIpc) is 2.74. The van der Waals surface area contributed by atoms with Gasteiger partial charge in [0, 0.05) is 5.56 Å². The van der Waals surface area contributed by atoms with E-state index in [1.807, 2.05) is 20.8 Å². The largest absolute Gasteiger partial charge is 0.437 e. The van der Waals surface area contributed by atoms with Crippen LogP contribution in [0.2, 0.25) is 0 Å². The zero-order chi connectivity index (χ0) is 26.8. The van der Waals surface area contributed by atoms with E-state index >= 15 is 0 Å². The summed E-state index contributed by atoms with van der Waals surface area (Å²) in [6.45, 7) is 5.52. The van der Waals surface area contributed by atoms with Crippen molar-refractivity contribution in [1.82, 2.24) is 20.2 Å². The van der Waals surface area contributed by atoms with E-state index in [9.17, 15) is 39.5 Å². The highest BCUT2D eigenvalue weighted by molar-refractivity contribution is 5.96. The predicted octanol–water partition coefficient (Wildman–Crippen LogP) is 7.59. The van der Waals surface area contributed by atoms with Gasteiger partial charge < -0.3 is 0 Å². The molecule has 36 heavy (non-hydrogen) atoms. The summed E-state index contributed by atoms with van der Waals surface area (Å²) in [5.41, 5.74) is -10.1. The van der Waals surface area contributed by atoms with Crippen LogP contribution in [-0.4, -0.2) is 20.2 Å². The molecule has 0 bridgehead atoms. The SMILES string of the molecule is CC(C)(C)c1cc(-c2nnc(C(F)(F)F)c3nc(C(F)(F)F)c(C(F)(F)F)nc23)cc2ccccc12. The third-order valence-electron chi connectivity index (χ3n) is 5.34. The van der Waals surface area contributed by atoms with Crippen LogP contribution in [0.4, 0.5) is 39.5 Å². The minimum Gasteiger partial charge on any atom is -0.237 e. The van der Waals surface area contributed by atoms with Gasteiger partial charge in [-0.3, -0.25) is 0 Å². The van der Waals surface area contributed by atoms with E-state index < -0.39 is 57.8 Å². The van der Waals surface area contributed by atoms with Crippen molar-refractivity contribution < 1.29 is 39.5 Å². The maximum Gasteiger partial charge on any atom is 0.437 e. The molecule has 0 saturated carbocycles. The van der Waals surface area contributed by atoms with Crippen LogP contribution in [-0.2, 0) is 23.9 Å². The van der Waals surface area contributed by atoms with Crippen molar-refractivity contribution >= 4 is 21.8 Å². The van der Waals surface area contributed by atoms with Crippen LogP contribution in [0.3, 0.4) is 0 Å². The third kappa shape index (κ3) is 4.53. The molecule has 0 radical (unpaired) electrons. The molecule has 0 fully saturated rings. The number of hydrogen-bond acceptors (Lipinski definition) is 4. The molecule has 2 aromatic heterocycles. The molecule has 0 N–H and O–H groups in total. The number of halogens is 9. The summed E-state index contributed by atoms with van der Waals surface area (Å²) in [4.78, 5) is 5.79. The van der Waals surface area contributed by atoms with Crippen LogP contribution in [0.5, 0.6) is 0 Å². The van der Waals surface area contributed by atoms with Gasteiger partial charge in [0.05, 0.1) is 0 Å². The van der Waals surface area contributed by atoms with Gasteiger partial charge >= 0.3 is 18.5 Å². The number of alkyl halides is 9. The number of aromatic nitrogens is 4. The number of hydrogen-bond donors (Lipinski definition) is 0. The Bertz CT molecular complexity index is 1480. The van der Waals surface area contributed by atoms with E-state index in [0.717, 1.165) is 5.39 Å². The summed E-state index contributed by atoms with van der Waals surface area (Å²) >= 11 is 0. The van der Waals surface area contributed by atoms with Crippen LogP contribution < -0.4 is 0 Å². The highest BCUT2D eigenvalue weighted by Crippen LogP contribution is 2.43. The van der Waals surface area contributed by atoms with Crippen molar-refractivity contribution in [3.8, 4) is 11.3 Å². The second kappa shape index (κ2) is 8.00. The molecule has 2 aromatic carbocycles. The monoisotopic (exact) mass is 518 g/mol. The molecule has 0 atom stereocenters. The summed E-state index contributed by atoms with van der Waals surface area (Å²) in [7, 11) is 0. The fourth-order valence-corrected chi connectivity index (χ4v) is 3.81. The molecular weight excluding hydrogens is 503 g/mol. The first-order valence-electron chi connectivity index (χ1n) is 10.2. The first-order valence-corrected chi connectivity index (χ1v) is 10.2. The molecule has 4 rings (SSSR count). The predicted molar refractivity (Wildman–Crippen MR) is 112 cm³/mol. The van der Waals surface area contributed by atoms with Crippen LogP contribution in [0.15, 0.2) is 36.4 Å². The summed E-state index contributed by atoms with van der Waals surface area (Å²) in [5, 5.41) is 7.82.